The second kappa shape index (κ2) is 7.57. The van der Waals surface area contributed by atoms with E-state index in [0.717, 1.165) is 24.1 Å². The molecule has 1 aromatic carbocycles. The van der Waals surface area contributed by atoms with Crippen molar-refractivity contribution in [2.24, 2.45) is 5.92 Å². The van der Waals surface area contributed by atoms with Crippen LogP contribution in [0.5, 0.6) is 0 Å². The highest BCUT2D eigenvalue weighted by molar-refractivity contribution is 6.30. The van der Waals surface area contributed by atoms with Crippen LogP contribution in [0, 0.1) is 5.92 Å². The molecule has 1 aliphatic heterocycles. The fourth-order valence-corrected chi connectivity index (χ4v) is 2.93. The van der Waals surface area contributed by atoms with E-state index in [4.69, 9.17) is 16.3 Å². The van der Waals surface area contributed by atoms with Crippen LogP contribution in [-0.4, -0.2) is 34.1 Å². The maximum Gasteiger partial charge on any atom is 0.223 e. The van der Waals surface area contributed by atoms with E-state index in [-0.39, 0.29) is 11.8 Å². The molecule has 1 aromatic heterocycles. The quantitative estimate of drug-likeness (QED) is 0.909. The molecular formula is C16H19ClN4O2. The smallest absolute Gasteiger partial charge is 0.223 e. The number of ether oxygens (including phenoxy) is 1. The minimum absolute atomic E-state index is 0.0505. The molecule has 0 saturated heterocycles. The molecule has 0 aliphatic carbocycles. The molecule has 6 nitrogen and oxygen atoms in total. The van der Waals surface area contributed by atoms with Gasteiger partial charge in [0, 0.05) is 17.5 Å². The van der Waals surface area contributed by atoms with Gasteiger partial charge < -0.3 is 10.1 Å². The van der Waals surface area contributed by atoms with Crippen LogP contribution >= 0.6 is 11.6 Å². The van der Waals surface area contributed by atoms with Crippen molar-refractivity contribution >= 4 is 17.5 Å². The first-order chi connectivity index (χ1) is 11.2. The van der Waals surface area contributed by atoms with Crippen LogP contribution in [0.3, 0.4) is 0 Å². The van der Waals surface area contributed by atoms with Crippen molar-refractivity contribution in [3.8, 4) is 0 Å². The number of aryl methyl sites for hydroxylation is 1. The predicted octanol–water partition coefficient (Wildman–Crippen LogP) is 1.83. The lowest BCUT2D eigenvalue weighted by atomic mass is 9.93. The van der Waals surface area contributed by atoms with Crippen LogP contribution in [0.15, 0.2) is 30.5 Å². The van der Waals surface area contributed by atoms with Gasteiger partial charge in [0.1, 0.15) is 6.73 Å². The van der Waals surface area contributed by atoms with Crippen LogP contribution in [0.25, 0.3) is 0 Å². The average molecular weight is 335 g/mol. The lowest BCUT2D eigenvalue weighted by molar-refractivity contribution is -0.125. The van der Waals surface area contributed by atoms with Crippen molar-refractivity contribution in [1.82, 2.24) is 20.3 Å². The number of amides is 1. The van der Waals surface area contributed by atoms with Gasteiger partial charge in [-0.25, -0.2) is 4.68 Å². The highest BCUT2D eigenvalue weighted by atomic mass is 35.5. The van der Waals surface area contributed by atoms with Gasteiger partial charge in [0.2, 0.25) is 5.91 Å². The Morgan fingerprint density at radius 2 is 2.35 bits per heavy atom. The highest BCUT2D eigenvalue weighted by Crippen LogP contribution is 2.19. The summed E-state index contributed by atoms with van der Waals surface area (Å²) in [7, 11) is 0. The molecule has 23 heavy (non-hydrogen) atoms. The van der Waals surface area contributed by atoms with Crippen LogP contribution < -0.4 is 5.32 Å². The maximum absolute atomic E-state index is 12.4. The van der Waals surface area contributed by atoms with Crippen molar-refractivity contribution in [1.29, 1.82) is 0 Å². The van der Waals surface area contributed by atoms with Gasteiger partial charge in [-0.2, -0.15) is 0 Å². The van der Waals surface area contributed by atoms with E-state index in [1.165, 1.54) is 0 Å². The second-order valence-electron chi connectivity index (χ2n) is 5.62. The molecule has 122 valence electrons. The summed E-state index contributed by atoms with van der Waals surface area (Å²) in [6.07, 6.45) is 3.85. The SMILES string of the molecule is O=C1NCCOCn2nncc2CC[C@H]1Cc1cccc(Cl)c1. The van der Waals surface area contributed by atoms with E-state index in [1.807, 2.05) is 24.3 Å². The van der Waals surface area contributed by atoms with Crippen LogP contribution in [0.2, 0.25) is 5.02 Å². The summed E-state index contributed by atoms with van der Waals surface area (Å²) in [6, 6.07) is 7.66. The Balaban J connectivity index is 1.75. The van der Waals surface area contributed by atoms with Crippen LogP contribution in [0.1, 0.15) is 17.7 Å². The molecule has 2 heterocycles. The molecule has 0 bridgehead atoms. The molecule has 1 atom stereocenters. The maximum atomic E-state index is 12.4. The molecule has 1 aliphatic rings. The van der Waals surface area contributed by atoms with Crippen molar-refractivity contribution < 1.29 is 9.53 Å². The first-order valence-electron chi connectivity index (χ1n) is 7.69. The summed E-state index contributed by atoms with van der Waals surface area (Å²) in [4.78, 5) is 12.4. The molecule has 1 amide bonds. The fourth-order valence-electron chi connectivity index (χ4n) is 2.72. The summed E-state index contributed by atoms with van der Waals surface area (Å²) in [6.45, 7) is 1.31. The number of rotatable bonds is 2. The number of hydrogen-bond donors (Lipinski definition) is 1. The molecule has 0 spiro atoms. The minimum atomic E-state index is -0.116. The number of aromatic nitrogens is 3. The molecule has 3 rings (SSSR count). The van der Waals surface area contributed by atoms with Gasteiger partial charge in [-0.1, -0.05) is 28.9 Å². The Hall–Kier alpha value is -1.92. The molecule has 2 aromatic rings. The number of halogens is 1. The largest absolute Gasteiger partial charge is 0.357 e. The molecule has 0 fully saturated rings. The standard InChI is InChI=1S/C16H19ClN4O2/c17-14-3-1-2-12(9-14)8-13-4-5-15-10-19-20-21(15)11-23-7-6-18-16(13)22/h1-3,9-10,13H,4-8,11H2,(H,18,22)/t13-/m0/s1. The Kier molecular flexibility index (Phi) is 5.25. The van der Waals surface area contributed by atoms with Crippen LogP contribution in [0.4, 0.5) is 0 Å². The number of fused-ring (bicyclic) bond motifs is 1. The Labute approximate surface area is 139 Å². The van der Waals surface area contributed by atoms with Gasteiger partial charge in [0.05, 0.1) is 18.5 Å². The van der Waals surface area contributed by atoms with Gasteiger partial charge in [-0.05, 0) is 37.0 Å². The first-order valence-corrected chi connectivity index (χ1v) is 8.07. The first kappa shape index (κ1) is 16.0. The van der Waals surface area contributed by atoms with Crippen molar-refractivity contribution in [2.45, 2.75) is 26.0 Å². The Morgan fingerprint density at radius 1 is 1.43 bits per heavy atom. The van der Waals surface area contributed by atoms with Crippen molar-refractivity contribution in [2.75, 3.05) is 13.2 Å². The number of benzene rings is 1. The Bertz CT molecular complexity index is 674. The summed E-state index contributed by atoms with van der Waals surface area (Å²) >= 11 is 6.04. The van der Waals surface area contributed by atoms with E-state index >= 15 is 0 Å². The number of hydrogen-bond acceptors (Lipinski definition) is 4. The molecule has 7 heteroatoms. The van der Waals surface area contributed by atoms with Gasteiger partial charge >= 0.3 is 0 Å². The zero-order valence-electron chi connectivity index (χ0n) is 12.7. The van der Waals surface area contributed by atoms with Gasteiger partial charge in [-0.3, -0.25) is 4.79 Å². The topological polar surface area (TPSA) is 69.0 Å². The lowest BCUT2D eigenvalue weighted by Crippen LogP contribution is -2.34. The van der Waals surface area contributed by atoms with Gasteiger partial charge in [-0.15, -0.1) is 5.10 Å². The molecule has 1 N–H and O–H groups in total. The molecule has 0 radical (unpaired) electrons. The second-order valence-corrected chi connectivity index (χ2v) is 6.06. The van der Waals surface area contributed by atoms with E-state index in [9.17, 15) is 4.79 Å². The van der Waals surface area contributed by atoms with Crippen molar-refractivity contribution in [3.63, 3.8) is 0 Å². The van der Waals surface area contributed by atoms with Crippen LogP contribution in [-0.2, 0) is 29.1 Å². The monoisotopic (exact) mass is 334 g/mol. The third-order valence-electron chi connectivity index (χ3n) is 3.95. The van der Waals surface area contributed by atoms with Crippen molar-refractivity contribution in [3.05, 3.63) is 46.7 Å². The van der Waals surface area contributed by atoms with E-state index in [1.54, 1.807) is 10.9 Å². The number of nitrogens with zero attached hydrogens (tertiary/aromatic N) is 3. The number of carbonyl (C=O) groups excluding carboxylic acids is 1. The normalized spacial score (nSPS) is 19.5. The minimum Gasteiger partial charge on any atom is -0.357 e. The van der Waals surface area contributed by atoms with Gasteiger partial charge in [0.15, 0.2) is 0 Å². The number of carbonyl (C=O) groups is 1. The molecule has 0 saturated carbocycles. The summed E-state index contributed by atoms with van der Waals surface area (Å²) < 4.78 is 7.24. The highest BCUT2D eigenvalue weighted by Gasteiger charge is 2.20. The summed E-state index contributed by atoms with van der Waals surface area (Å²) in [5, 5.41) is 11.6. The fraction of sp³-hybridized carbons (Fsp3) is 0.438. The third kappa shape index (κ3) is 4.30. The number of nitrogens with one attached hydrogen (secondary N) is 1. The van der Waals surface area contributed by atoms with E-state index < -0.39 is 0 Å². The molecule has 0 unspecified atom stereocenters. The van der Waals surface area contributed by atoms with E-state index in [0.29, 0.717) is 31.3 Å². The molecular weight excluding hydrogens is 316 g/mol. The van der Waals surface area contributed by atoms with Gasteiger partial charge in [0.25, 0.3) is 0 Å². The van der Waals surface area contributed by atoms with E-state index in [2.05, 4.69) is 15.6 Å². The zero-order chi connectivity index (χ0) is 16.1. The third-order valence-corrected chi connectivity index (χ3v) is 4.18. The summed E-state index contributed by atoms with van der Waals surface area (Å²) in [5.74, 6) is -0.0654. The Morgan fingerprint density at radius 3 is 3.22 bits per heavy atom. The zero-order valence-corrected chi connectivity index (χ0v) is 13.5. The lowest BCUT2D eigenvalue weighted by Gasteiger charge is -2.16. The predicted molar refractivity (Wildman–Crippen MR) is 86.0 cm³/mol. The average Bonchev–Trinajstić information content (AvgIpc) is 2.97. The summed E-state index contributed by atoms with van der Waals surface area (Å²) in [5.41, 5.74) is 2.05.